The molecule has 0 unspecified atom stereocenters. The minimum Gasteiger partial charge on any atom is -0.378 e. The maximum absolute atomic E-state index is 14.2. The Balaban J connectivity index is 1.20. The molecule has 1 aliphatic carbocycles. The van der Waals surface area contributed by atoms with Gasteiger partial charge in [-0.2, -0.15) is 0 Å². The van der Waals surface area contributed by atoms with Crippen molar-refractivity contribution in [1.29, 1.82) is 0 Å². The summed E-state index contributed by atoms with van der Waals surface area (Å²) in [6.07, 6.45) is 5.96. The van der Waals surface area contributed by atoms with Gasteiger partial charge in [0.2, 0.25) is 11.8 Å². The minimum absolute atomic E-state index is 0.0502. The highest BCUT2D eigenvalue weighted by molar-refractivity contribution is 5.83. The van der Waals surface area contributed by atoms with Crippen LogP contribution in [0.5, 0.6) is 0 Å². The maximum Gasteiger partial charge on any atom is 0.228 e. The van der Waals surface area contributed by atoms with Gasteiger partial charge in [-0.05, 0) is 48.4 Å². The van der Waals surface area contributed by atoms with Crippen molar-refractivity contribution in [3.05, 3.63) is 102 Å². The molecule has 0 radical (unpaired) electrons. The molecule has 0 spiro atoms. The molecule has 3 aromatic carbocycles. The van der Waals surface area contributed by atoms with E-state index in [2.05, 4.69) is 82.3 Å². The van der Waals surface area contributed by atoms with Crippen LogP contribution in [0.4, 0.5) is 5.69 Å². The highest BCUT2D eigenvalue weighted by Gasteiger charge is 2.48. The van der Waals surface area contributed by atoms with E-state index in [4.69, 9.17) is 0 Å². The van der Waals surface area contributed by atoms with Crippen LogP contribution < -0.4 is 10.6 Å². The van der Waals surface area contributed by atoms with Crippen molar-refractivity contribution in [1.82, 2.24) is 10.2 Å². The van der Waals surface area contributed by atoms with Gasteiger partial charge >= 0.3 is 0 Å². The lowest BCUT2D eigenvalue weighted by Crippen LogP contribution is -2.50. The molecule has 1 saturated carbocycles. The zero-order chi connectivity index (χ0) is 25.9. The summed E-state index contributed by atoms with van der Waals surface area (Å²) in [4.78, 5) is 29.3. The molecule has 2 aliphatic heterocycles. The fraction of sp³-hybridized carbons (Fsp3) is 0.394. The third-order valence-electron chi connectivity index (χ3n) is 8.82. The second-order valence-corrected chi connectivity index (χ2v) is 11.1. The number of amides is 2. The molecule has 2 amide bonds. The summed E-state index contributed by atoms with van der Waals surface area (Å²) in [6, 6.07) is 29.4. The zero-order valence-corrected chi connectivity index (χ0v) is 21.9. The predicted molar refractivity (Wildman–Crippen MR) is 150 cm³/mol. The van der Waals surface area contributed by atoms with E-state index in [1.807, 2.05) is 18.2 Å². The van der Waals surface area contributed by atoms with Crippen molar-refractivity contribution in [3.8, 4) is 0 Å². The Morgan fingerprint density at radius 1 is 0.842 bits per heavy atom. The summed E-state index contributed by atoms with van der Waals surface area (Å²) in [6.45, 7) is 0.763. The molecule has 2 N–H and O–H groups in total. The molecular weight excluding hydrogens is 470 g/mol. The minimum atomic E-state index is -0.152. The molecule has 2 fully saturated rings. The number of nitrogens with one attached hydrogen (secondary N) is 2. The fourth-order valence-electron chi connectivity index (χ4n) is 6.96. The van der Waals surface area contributed by atoms with Crippen LogP contribution in [0, 0.1) is 11.8 Å². The number of benzene rings is 3. The average Bonchev–Trinajstić information content (AvgIpc) is 3.42. The van der Waals surface area contributed by atoms with E-state index in [0.717, 1.165) is 50.8 Å². The molecule has 3 aromatic rings. The summed E-state index contributed by atoms with van der Waals surface area (Å²) >= 11 is 0. The number of aryl methyl sites for hydroxylation is 1. The molecule has 1 saturated heterocycles. The summed E-state index contributed by atoms with van der Waals surface area (Å²) in [5.74, 6) is 0.433. The van der Waals surface area contributed by atoms with Crippen molar-refractivity contribution >= 4 is 17.5 Å². The number of hydrogen-bond acceptors (Lipinski definition) is 3. The van der Waals surface area contributed by atoms with Crippen molar-refractivity contribution in [2.24, 2.45) is 11.8 Å². The van der Waals surface area contributed by atoms with Gasteiger partial charge in [0.25, 0.3) is 0 Å². The number of rotatable bonds is 6. The first kappa shape index (κ1) is 24.7. The quantitative estimate of drug-likeness (QED) is 0.427. The van der Waals surface area contributed by atoms with Crippen LogP contribution in [-0.4, -0.2) is 29.3 Å². The van der Waals surface area contributed by atoms with Crippen LogP contribution in [0.3, 0.4) is 0 Å². The Morgan fingerprint density at radius 3 is 2.37 bits per heavy atom. The molecule has 3 aliphatic rings. The number of hydrogen-bond donors (Lipinski definition) is 2. The molecule has 5 heteroatoms. The van der Waals surface area contributed by atoms with Gasteiger partial charge in [0.05, 0.1) is 18.0 Å². The van der Waals surface area contributed by atoms with Crippen molar-refractivity contribution in [2.75, 3.05) is 11.9 Å². The predicted octanol–water partition coefficient (Wildman–Crippen LogP) is 6.05. The maximum atomic E-state index is 14.2. The topological polar surface area (TPSA) is 61.4 Å². The first-order valence-corrected chi connectivity index (χ1v) is 14.2. The number of nitrogens with zero attached hydrogens (tertiary/aromatic N) is 1. The second-order valence-electron chi connectivity index (χ2n) is 11.1. The number of carbonyl (C=O) groups is 2. The van der Waals surface area contributed by atoms with Gasteiger partial charge in [-0.1, -0.05) is 91.7 Å². The average molecular weight is 508 g/mol. The first-order chi connectivity index (χ1) is 18.7. The molecular formula is C33H37N3O2. The Hall–Kier alpha value is -3.60. The van der Waals surface area contributed by atoms with Gasteiger partial charge in [0, 0.05) is 30.6 Å². The lowest BCUT2D eigenvalue weighted by atomic mass is 9.79. The summed E-state index contributed by atoms with van der Waals surface area (Å²) in [5, 5.41) is 7.06. The molecule has 38 heavy (non-hydrogen) atoms. The number of likely N-dealkylation sites (tertiary alicyclic amines) is 1. The molecule has 5 nitrogen and oxygen atoms in total. The van der Waals surface area contributed by atoms with Gasteiger partial charge in [-0.25, -0.2) is 0 Å². The van der Waals surface area contributed by atoms with Crippen LogP contribution in [-0.2, 0) is 16.0 Å². The molecule has 5 atom stereocenters. The van der Waals surface area contributed by atoms with Crippen LogP contribution >= 0.6 is 0 Å². The number of fused-ring (bicyclic) bond motifs is 3. The first-order valence-electron chi connectivity index (χ1n) is 14.2. The number of anilines is 1. The third kappa shape index (κ3) is 4.94. The third-order valence-corrected chi connectivity index (χ3v) is 8.82. The Labute approximate surface area is 225 Å². The van der Waals surface area contributed by atoms with Gasteiger partial charge in [-0.3, -0.25) is 9.59 Å². The molecule has 6 rings (SSSR count). The van der Waals surface area contributed by atoms with Crippen LogP contribution in [0.25, 0.3) is 0 Å². The van der Waals surface area contributed by atoms with Crippen molar-refractivity contribution in [2.45, 2.75) is 63.1 Å². The van der Waals surface area contributed by atoms with Gasteiger partial charge in [0.1, 0.15) is 0 Å². The van der Waals surface area contributed by atoms with Gasteiger partial charge in [0.15, 0.2) is 0 Å². The van der Waals surface area contributed by atoms with Crippen LogP contribution in [0.15, 0.2) is 84.9 Å². The van der Waals surface area contributed by atoms with E-state index >= 15 is 0 Å². The highest BCUT2D eigenvalue weighted by Crippen LogP contribution is 2.51. The fourth-order valence-corrected chi connectivity index (χ4v) is 6.96. The standard InChI is InChI=1S/C33H37N3O2/c37-30(20-19-23-11-3-1-4-12-23)34-29-18-10-8-16-26(29)33(38)36-22-21-27-31(24-13-5-2-6-14-24)35-28-17-9-7-15-25(28)32(27)36/h1-7,9,11-15,17,26-27,29,31-32,35H,8,10,16,18-22H2,(H,34,37)/t26-,27-,29+,31-,32-/m0/s1. The molecule has 0 aromatic heterocycles. The van der Waals surface area contributed by atoms with Gasteiger partial charge in [-0.15, -0.1) is 0 Å². The van der Waals surface area contributed by atoms with E-state index < -0.39 is 0 Å². The van der Waals surface area contributed by atoms with E-state index in [0.29, 0.717) is 12.3 Å². The largest absolute Gasteiger partial charge is 0.378 e. The monoisotopic (exact) mass is 507 g/mol. The smallest absolute Gasteiger partial charge is 0.228 e. The lowest BCUT2D eigenvalue weighted by molar-refractivity contribution is -0.139. The second kappa shape index (κ2) is 11.0. The van der Waals surface area contributed by atoms with Crippen LogP contribution in [0.2, 0.25) is 0 Å². The Kier molecular flexibility index (Phi) is 7.17. The van der Waals surface area contributed by atoms with E-state index in [1.165, 1.54) is 16.7 Å². The molecule has 196 valence electrons. The summed E-state index contributed by atoms with van der Waals surface area (Å²) < 4.78 is 0. The van der Waals surface area contributed by atoms with E-state index in [9.17, 15) is 9.59 Å². The molecule has 2 heterocycles. The molecule has 0 bridgehead atoms. The zero-order valence-electron chi connectivity index (χ0n) is 21.9. The number of carbonyl (C=O) groups excluding carboxylic acids is 2. The number of para-hydroxylation sites is 1. The van der Waals surface area contributed by atoms with Crippen molar-refractivity contribution in [3.63, 3.8) is 0 Å². The van der Waals surface area contributed by atoms with E-state index in [1.54, 1.807) is 0 Å². The highest BCUT2D eigenvalue weighted by atomic mass is 16.2. The van der Waals surface area contributed by atoms with Gasteiger partial charge < -0.3 is 15.5 Å². The van der Waals surface area contributed by atoms with E-state index in [-0.39, 0.29) is 35.9 Å². The lowest BCUT2D eigenvalue weighted by Gasteiger charge is -2.42. The SMILES string of the molecule is O=C(CCc1ccccc1)N[C@@H]1CCCC[C@@H]1C(=O)N1CC[C@H]2[C@H](c3ccccc3)Nc3ccccc3[C@@H]21. The normalized spacial score (nSPS) is 26.1. The Bertz CT molecular complexity index is 1260. The Morgan fingerprint density at radius 2 is 1.55 bits per heavy atom. The van der Waals surface area contributed by atoms with Crippen LogP contribution in [0.1, 0.15) is 67.3 Å². The summed E-state index contributed by atoms with van der Waals surface area (Å²) in [7, 11) is 0. The van der Waals surface area contributed by atoms with Crippen molar-refractivity contribution < 1.29 is 9.59 Å². The summed E-state index contributed by atoms with van der Waals surface area (Å²) in [5.41, 5.74) is 4.78.